The summed E-state index contributed by atoms with van der Waals surface area (Å²) in [6.07, 6.45) is 8.37. The molecule has 0 spiro atoms. The Bertz CT molecular complexity index is 1040. The van der Waals surface area contributed by atoms with Crippen LogP contribution in [-0.2, 0) is 29.2 Å². The smallest absolute Gasteiger partial charge is 0.726 e. The third-order valence-electron chi connectivity index (χ3n) is 11.3. The van der Waals surface area contributed by atoms with Crippen LogP contribution in [0.3, 0.4) is 0 Å². The van der Waals surface area contributed by atoms with Crippen LogP contribution in [0.2, 0.25) is 0 Å². The molecule has 4 rings (SSSR count). The van der Waals surface area contributed by atoms with Gasteiger partial charge < -0.3 is 9.11 Å². The van der Waals surface area contributed by atoms with Crippen molar-refractivity contribution >= 4 is 20.8 Å². The molecule has 0 aromatic carbocycles. The van der Waals surface area contributed by atoms with E-state index in [1.165, 1.54) is 32.1 Å². The fourth-order valence-corrected chi connectivity index (χ4v) is 10.8. The number of fused-ring (bicyclic) bond motifs is 5. The van der Waals surface area contributed by atoms with Crippen molar-refractivity contribution in [2.24, 2.45) is 52.3 Å². The van der Waals surface area contributed by atoms with Crippen molar-refractivity contribution in [3.05, 3.63) is 0 Å². The molecule has 0 heterocycles. The summed E-state index contributed by atoms with van der Waals surface area (Å²) in [6, 6.07) is 0. The molecule has 0 amide bonds. The van der Waals surface area contributed by atoms with Gasteiger partial charge in [-0.05, 0) is 104 Å². The fourth-order valence-electron chi connectivity index (χ4n) is 9.76. The molecular weight excluding hydrogens is 562 g/mol. The van der Waals surface area contributed by atoms with Gasteiger partial charge in [-0.2, -0.15) is 0 Å². The second-order valence-electron chi connectivity index (χ2n) is 13.7. The molecule has 10 atom stereocenters. The molecule has 4 aliphatic rings. The van der Waals surface area contributed by atoms with Gasteiger partial charge in [0.2, 0.25) is 20.8 Å². The molecule has 8 nitrogen and oxygen atoms in total. The van der Waals surface area contributed by atoms with E-state index in [4.69, 9.17) is 8.37 Å². The summed E-state index contributed by atoms with van der Waals surface area (Å²) in [5.41, 5.74) is 0.0138. The third kappa shape index (κ3) is 8.27. The molecule has 4 unspecified atom stereocenters. The van der Waals surface area contributed by atoms with Crippen molar-refractivity contribution in [3.63, 3.8) is 0 Å². The Kier molecular flexibility index (Phi) is 13.1. The number of hydrogen-bond acceptors (Lipinski definition) is 8. The minimum Gasteiger partial charge on any atom is -0.726 e. The number of hydrogen-bond donors (Lipinski definition) is 0. The predicted molar refractivity (Wildman–Crippen MR) is 138 cm³/mol. The Morgan fingerprint density at radius 2 is 1.38 bits per heavy atom. The van der Waals surface area contributed by atoms with E-state index in [-0.39, 0.29) is 83.3 Å². The zero-order chi connectivity index (χ0) is 27.4. The van der Waals surface area contributed by atoms with E-state index < -0.39 is 33.0 Å². The van der Waals surface area contributed by atoms with Gasteiger partial charge in [0.05, 0.1) is 0 Å². The molecule has 0 saturated heterocycles. The van der Waals surface area contributed by atoms with E-state index in [1.54, 1.807) is 0 Å². The average Bonchev–Trinajstić information content (AvgIpc) is 3.09. The Balaban J connectivity index is 0.00000267. The summed E-state index contributed by atoms with van der Waals surface area (Å²) in [4.78, 5) is 0. The van der Waals surface area contributed by atoms with Gasteiger partial charge >= 0.3 is 59.1 Å². The summed E-state index contributed by atoms with van der Waals surface area (Å²) in [5, 5.41) is 0. The maximum absolute atomic E-state index is 11.5. The van der Waals surface area contributed by atoms with Gasteiger partial charge in [0.1, 0.15) is 12.2 Å². The van der Waals surface area contributed by atoms with Crippen molar-refractivity contribution < 1.29 is 93.4 Å². The Labute approximate surface area is 281 Å². The van der Waals surface area contributed by atoms with Crippen molar-refractivity contribution in [2.45, 2.75) is 117 Å². The maximum Gasteiger partial charge on any atom is 1.00 e. The van der Waals surface area contributed by atoms with Crippen molar-refractivity contribution in [3.8, 4) is 0 Å². The maximum atomic E-state index is 11.5. The zero-order valence-electron chi connectivity index (χ0n) is 25.1. The molecule has 39 heavy (non-hydrogen) atoms. The summed E-state index contributed by atoms with van der Waals surface area (Å²) in [6.45, 7) is 11.7. The van der Waals surface area contributed by atoms with Crippen LogP contribution in [0.15, 0.2) is 0 Å². The molecule has 0 aromatic heterocycles. The van der Waals surface area contributed by atoms with Gasteiger partial charge in [-0.25, -0.2) is 16.8 Å². The summed E-state index contributed by atoms with van der Waals surface area (Å²) in [7, 11) is -10.2. The third-order valence-corrected chi connectivity index (χ3v) is 12.3. The quantitative estimate of drug-likeness (QED) is 0.193. The van der Waals surface area contributed by atoms with Gasteiger partial charge in [0, 0.05) is 0 Å². The zero-order valence-corrected chi connectivity index (χ0v) is 30.7. The molecule has 4 aliphatic carbocycles. The summed E-state index contributed by atoms with van der Waals surface area (Å²) in [5.74, 6) is 3.77. The molecule has 4 saturated carbocycles. The summed E-state index contributed by atoms with van der Waals surface area (Å²) >= 11 is 0. The Morgan fingerprint density at radius 1 is 0.795 bits per heavy atom. The second kappa shape index (κ2) is 13.8. The number of rotatable bonds is 9. The van der Waals surface area contributed by atoms with Crippen molar-refractivity contribution in [1.29, 1.82) is 0 Å². The minimum absolute atomic E-state index is 0. The molecule has 216 valence electrons. The van der Waals surface area contributed by atoms with Gasteiger partial charge in [-0.15, -0.1) is 0 Å². The van der Waals surface area contributed by atoms with E-state index in [0.29, 0.717) is 29.1 Å². The minimum atomic E-state index is -5.09. The van der Waals surface area contributed by atoms with E-state index >= 15 is 0 Å². The standard InChI is InChI=1S/C27H48O8S2.2Na/c1-17(2)7-6-8-18(3)21-11-12-22-20-10-9-19-15-24(34-36(28,29)30)25(35-37(31,32)33)16-27(19,5)23(20)13-14-26(21,22)4;;/h17-25H,6-16H2,1-5H3,(H,28,29,30)(H,31,32,33);;/q;2*+1/p-2/t18?,19-,20?,21+,22?,23?,24-,25-,26+,27-;;/m0../s1. The first-order valence-electron chi connectivity index (χ1n) is 14.3. The van der Waals surface area contributed by atoms with Gasteiger partial charge in [-0.1, -0.05) is 53.9 Å². The molecule has 0 aliphatic heterocycles. The van der Waals surface area contributed by atoms with Crippen molar-refractivity contribution in [2.75, 3.05) is 0 Å². The predicted octanol–water partition coefficient (Wildman–Crippen LogP) is -0.584. The molecule has 0 aromatic rings. The first-order chi connectivity index (χ1) is 17.0. The molecule has 0 bridgehead atoms. The molecule has 0 N–H and O–H groups in total. The SMILES string of the molecule is CC(C)CCCC(C)[C@H]1CCC2C3CC[C@H]4C[C@H](OS(=O)(=O)[O-])[C@@H](OS(=O)(=O)[O-])C[C@]4(C)C3CC[C@@]21C.[Na+].[Na+]. The average molecular weight is 609 g/mol. The van der Waals surface area contributed by atoms with Crippen LogP contribution in [0, 0.1) is 52.3 Å². The van der Waals surface area contributed by atoms with Gasteiger partial charge in [0.25, 0.3) is 0 Å². The fraction of sp³-hybridized carbons (Fsp3) is 1.00. The topological polar surface area (TPSA) is 133 Å². The van der Waals surface area contributed by atoms with Crippen LogP contribution >= 0.6 is 0 Å². The molecular formula is C27H46Na2O8S2. The van der Waals surface area contributed by atoms with E-state index in [0.717, 1.165) is 37.5 Å². The molecule has 0 radical (unpaired) electrons. The van der Waals surface area contributed by atoms with E-state index in [2.05, 4.69) is 34.6 Å². The monoisotopic (exact) mass is 608 g/mol. The summed E-state index contributed by atoms with van der Waals surface area (Å²) < 4.78 is 78.1. The van der Waals surface area contributed by atoms with Gasteiger partial charge in [0.15, 0.2) is 0 Å². The first-order valence-corrected chi connectivity index (χ1v) is 17.0. The Hall–Kier alpha value is 1.74. The first kappa shape index (κ1) is 36.9. The molecule has 4 fully saturated rings. The van der Waals surface area contributed by atoms with Crippen LogP contribution in [-0.4, -0.2) is 38.1 Å². The Morgan fingerprint density at radius 3 is 1.97 bits per heavy atom. The van der Waals surface area contributed by atoms with Crippen LogP contribution < -0.4 is 59.1 Å². The second-order valence-corrected chi connectivity index (χ2v) is 15.7. The van der Waals surface area contributed by atoms with Crippen LogP contribution in [0.5, 0.6) is 0 Å². The normalized spacial score (nSPS) is 41.0. The molecule has 12 heteroatoms. The van der Waals surface area contributed by atoms with E-state index in [1.807, 2.05) is 0 Å². The van der Waals surface area contributed by atoms with Crippen LogP contribution in [0.4, 0.5) is 0 Å². The van der Waals surface area contributed by atoms with Crippen molar-refractivity contribution in [1.82, 2.24) is 0 Å². The van der Waals surface area contributed by atoms with Gasteiger partial charge in [-0.3, -0.25) is 8.37 Å². The van der Waals surface area contributed by atoms with Crippen LogP contribution in [0.1, 0.15) is 105 Å². The largest absolute Gasteiger partial charge is 1.00 e. The van der Waals surface area contributed by atoms with E-state index in [9.17, 15) is 25.9 Å². The van der Waals surface area contributed by atoms with Crippen LogP contribution in [0.25, 0.3) is 0 Å².